The number of carbonyl (C=O) groups excluding carboxylic acids is 2. The van der Waals surface area contributed by atoms with Crippen molar-refractivity contribution in [3.63, 3.8) is 0 Å². The molecule has 2 fully saturated rings. The molecule has 0 saturated carbocycles. The van der Waals surface area contributed by atoms with E-state index in [1.165, 1.54) is 11.3 Å². The first-order valence-electron chi connectivity index (χ1n) is 10.1. The highest BCUT2D eigenvalue weighted by Crippen LogP contribution is 2.43. The Hall–Kier alpha value is -2.75. The predicted octanol–water partition coefficient (Wildman–Crippen LogP) is 3.32. The first-order chi connectivity index (χ1) is 14.3. The van der Waals surface area contributed by atoms with Crippen LogP contribution in [0.25, 0.3) is 10.2 Å². The molecule has 160 valence electrons. The van der Waals surface area contributed by atoms with Gasteiger partial charge < -0.3 is 24.4 Å². The fourth-order valence-electron chi connectivity index (χ4n) is 4.14. The predicted molar refractivity (Wildman–Crippen MR) is 111 cm³/mol. The van der Waals surface area contributed by atoms with Gasteiger partial charge in [-0.25, -0.2) is 14.6 Å². The highest BCUT2D eigenvalue weighted by atomic mass is 32.1. The molecule has 0 aliphatic carbocycles. The third-order valence-corrected chi connectivity index (χ3v) is 6.43. The standard InChI is InChI=1S/C20H24N4O5S/c1-20(2,3)29-19(26)23-8-4-5-12-11(9-23)21-17(25)24(12)18-22-15-14(30-18)7-6-13-16(15)28-10-27-13/h6-7,11-12H,4-5,8-10H2,1-3H3,(H,21,25)/t11-,12+/m0/s1. The van der Waals surface area contributed by atoms with Gasteiger partial charge in [-0.1, -0.05) is 11.3 Å². The van der Waals surface area contributed by atoms with Crippen LogP contribution in [0.15, 0.2) is 12.1 Å². The fourth-order valence-corrected chi connectivity index (χ4v) is 5.16. The zero-order chi connectivity index (χ0) is 21.0. The van der Waals surface area contributed by atoms with E-state index in [9.17, 15) is 9.59 Å². The second-order valence-corrected chi connectivity index (χ2v) is 9.71. The van der Waals surface area contributed by atoms with Gasteiger partial charge in [-0.3, -0.25) is 4.90 Å². The van der Waals surface area contributed by atoms with Crippen molar-refractivity contribution in [1.29, 1.82) is 0 Å². The second kappa shape index (κ2) is 6.90. The van der Waals surface area contributed by atoms with E-state index in [1.807, 2.05) is 32.9 Å². The van der Waals surface area contributed by atoms with Crippen molar-refractivity contribution < 1.29 is 23.8 Å². The molecule has 2 aromatic rings. The van der Waals surface area contributed by atoms with Crippen molar-refractivity contribution in [2.45, 2.75) is 51.3 Å². The number of amides is 3. The average Bonchev–Trinajstić information content (AvgIpc) is 3.32. The summed E-state index contributed by atoms with van der Waals surface area (Å²) in [5.74, 6) is 1.30. The minimum Gasteiger partial charge on any atom is -0.454 e. The molecule has 3 aliphatic rings. The quantitative estimate of drug-likeness (QED) is 0.743. The van der Waals surface area contributed by atoms with E-state index in [2.05, 4.69) is 5.32 Å². The van der Waals surface area contributed by atoms with Gasteiger partial charge in [-0.2, -0.15) is 0 Å². The third-order valence-electron chi connectivity index (χ3n) is 5.41. The van der Waals surface area contributed by atoms with Crippen molar-refractivity contribution in [2.24, 2.45) is 0 Å². The highest BCUT2D eigenvalue weighted by Gasteiger charge is 2.44. The van der Waals surface area contributed by atoms with Gasteiger partial charge >= 0.3 is 12.1 Å². The molecule has 0 bridgehead atoms. The Labute approximate surface area is 177 Å². The smallest absolute Gasteiger partial charge is 0.410 e. The van der Waals surface area contributed by atoms with Crippen molar-refractivity contribution in [3.05, 3.63) is 12.1 Å². The van der Waals surface area contributed by atoms with Crippen LogP contribution in [0.3, 0.4) is 0 Å². The number of ether oxygens (including phenoxy) is 3. The van der Waals surface area contributed by atoms with Gasteiger partial charge in [-0.05, 0) is 45.7 Å². The first kappa shape index (κ1) is 19.2. The van der Waals surface area contributed by atoms with Gasteiger partial charge in [0.05, 0.1) is 16.8 Å². The molecule has 1 aromatic heterocycles. The van der Waals surface area contributed by atoms with Crippen molar-refractivity contribution in [1.82, 2.24) is 15.2 Å². The molecular formula is C20H24N4O5S. The molecule has 9 nitrogen and oxygen atoms in total. The Morgan fingerprint density at radius 3 is 2.97 bits per heavy atom. The number of fused-ring (bicyclic) bond motifs is 4. The number of thiazole rings is 1. The fraction of sp³-hybridized carbons (Fsp3) is 0.550. The molecule has 0 spiro atoms. The van der Waals surface area contributed by atoms with E-state index >= 15 is 0 Å². The molecule has 1 aromatic carbocycles. The minimum absolute atomic E-state index is 0.0734. The van der Waals surface area contributed by atoms with Crippen LogP contribution in [0.4, 0.5) is 14.7 Å². The molecule has 1 N–H and O–H groups in total. The number of carbonyl (C=O) groups is 2. The normalized spacial score (nSPS) is 23.4. The molecule has 5 rings (SSSR count). The summed E-state index contributed by atoms with van der Waals surface area (Å²) in [5, 5.41) is 3.67. The van der Waals surface area contributed by atoms with Crippen molar-refractivity contribution >= 4 is 38.8 Å². The van der Waals surface area contributed by atoms with E-state index < -0.39 is 5.60 Å². The van der Waals surface area contributed by atoms with E-state index in [0.29, 0.717) is 35.2 Å². The van der Waals surface area contributed by atoms with Gasteiger partial charge in [0.15, 0.2) is 16.6 Å². The Morgan fingerprint density at radius 1 is 1.33 bits per heavy atom. The number of nitrogens with one attached hydrogen (secondary N) is 1. The first-order valence-corrected chi connectivity index (χ1v) is 10.9. The molecule has 2 saturated heterocycles. The van der Waals surface area contributed by atoms with E-state index in [-0.39, 0.29) is 31.0 Å². The van der Waals surface area contributed by atoms with Gasteiger partial charge in [0.25, 0.3) is 0 Å². The number of nitrogens with zero attached hydrogens (tertiary/aromatic N) is 3. The van der Waals surface area contributed by atoms with Gasteiger partial charge in [0.2, 0.25) is 6.79 Å². The lowest BCUT2D eigenvalue weighted by molar-refractivity contribution is 0.0246. The maximum Gasteiger partial charge on any atom is 0.410 e. The number of anilines is 1. The molecular weight excluding hydrogens is 408 g/mol. The number of aromatic nitrogens is 1. The van der Waals surface area contributed by atoms with Crippen LogP contribution in [0.5, 0.6) is 11.5 Å². The van der Waals surface area contributed by atoms with Crippen LogP contribution in [-0.2, 0) is 4.74 Å². The lowest BCUT2D eigenvalue weighted by Crippen LogP contribution is -2.45. The SMILES string of the molecule is CC(C)(C)OC(=O)N1CCC[C@@H]2[C@H](C1)NC(=O)N2c1nc2c3c(ccc2s1)OCO3. The summed E-state index contributed by atoms with van der Waals surface area (Å²) in [6.07, 6.45) is 1.21. The summed E-state index contributed by atoms with van der Waals surface area (Å²) >= 11 is 1.46. The number of hydrogen-bond donors (Lipinski definition) is 1. The largest absolute Gasteiger partial charge is 0.454 e. The third kappa shape index (κ3) is 3.28. The molecule has 2 atom stereocenters. The Balaban J connectivity index is 1.40. The summed E-state index contributed by atoms with van der Waals surface area (Å²) in [6, 6.07) is 3.36. The van der Waals surface area contributed by atoms with Crippen molar-refractivity contribution in [3.8, 4) is 11.5 Å². The molecule has 0 radical (unpaired) electrons. The summed E-state index contributed by atoms with van der Waals surface area (Å²) in [5.41, 5.74) is 0.158. The van der Waals surface area contributed by atoms with Crippen molar-refractivity contribution in [2.75, 3.05) is 24.8 Å². The Kier molecular flexibility index (Phi) is 4.42. The minimum atomic E-state index is -0.555. The highest BCUT2D eigenvalue weighted by molar-refractivity contribution is 7.22. The summed E-state index contributed by atoms with van der Waals surface area (Å²) in [7, 11) is 0. The number of benzene rings is 1. The Morgan fingerprint density at radius 2 is 2.17 bits per heavy atom. The zero-order valence-corrected chi connectivity index (χ0v) is 18.0. The van der Waals surface area contributed by atoms with Gasteiger partial charge in [-0.15, -0.1) is 0 Å². The lowest BCUT2D eigenvalue weighted by Gasteiger charge is -2.28. The molecule has 4 heterocycles. The monoisotopic (exact) mass is 432 g/mol. The maximum absolute atomic E-state index is 12.9. The van der Waals surface area contributed by atoms with E-state index in [1.54, 1.807) is 9.80 Å². The van der Waals surface area contributed by atoms with Crippen LogP contribution in [0.1, 0.15) is 33.6 Å². The lowest BCUT2D eigenvalue weighted by atomic mass is 10.1. The Bertz CT molecular complexity index is 1020. The topological polar surface area (TPSA) is 93.2 Å². The number of hydrogen-bond acceptors (Lipinski definition) is 7. The van der Waals surface area contributed by atoms with Crippen LogP contribution < -0.4 is 19.7 Å². The van der Waals surface area contributed by atoms with Crippen LogP contribution in [0.2, 0.25) is 0 Å². The zero-order valence-electron chi connectivity index (χ0n) is 17.1. The number of likely N-dealkylation sites (tertiary alicyclic amines) is 1. The number of urea groups is 1. The van der Waals surface area contributed by atoms with E-state index in [0.717, 1.165) is 17.5 Å². The van der Waals surface area contributed by atoms with Crippen LogP contribution in [0, 0.1) is 0 Å². The molecule has 3 amide bonds. The molecule has 0 unspecified atom stereocenters. The second-order valence-electron chi connectivity index (χ2n) is 8.70. The molecule has 30 heavy (non-hydrogen) atoms. The summed E-state index contributed by atoms with van der Waals surface area (Å²) in [4.78, 5) is 33.6. The van der Waals surface area contributed by atoms with Crippen LogP contribution >= 0.6 is 11.3 Å². The maximum atomic E-state index is 12.9. The summed E-state index contributed by atoms with van der Waals surface area (Å²) in [6.45, 7) is 6.75. The average molecular weight is 433 g/mol. The van der Waals surface area contributed by atoms with Crippen LogP contribution in [-0.4, -0.2) is 59.6 Å². The molecule has 3 aliphatic heterocycles. The summed E-state index contributed by atoms with van der Waals surface area (Å²) < 4.78 is 17.5. The molecule has 10 heteroatoms. The van der Waals surface area contributed by atoms with Gasteiger partial charge in [0, 0.05) is 13.1 Å². The number of rotatable bonds is 1. The van der Waals surface area contributed by atoms with Gasteiger partial charge in [0.1, 0.15) is 11.1 Å². The van der Waals surface area contributed by atoms with E-state index in [4.69, 9.17) is 19.2 Å².